The van der Waals surface area contributed by atoms with Crippen molar-refractivity contribution < 1.29 is 13.9 Å². The molecule has 142 valence electrons. The normalized spacial score (nSPS) is 18.4. The number of ether oxygens (including phenoxy) is 2. The van der Waals surface area contributed by atoms with E-state index < -0.39 is 0 Å². The Morgan fingerprint density at radius 1 is 1.19 bits per heavy atom. The van der Waals surface area contributed by atoms with Gasteiger partial charge in [0, 0.05) is 38.1 Å². The van der Waals surface area contributed by atoms with Crippen molar-refractivity contribution in [2.75, 3.05) is 33.4 Å². The number of aromatic nitrogens is 2. The maximum absolute atomic E-state index is 13.2. The molecule has 1 atom stereocenters. The second-order valence-electron chi connectivity index (χ2n) is 6.66. The summed E-state index contributed by atoms with van der Waals surface area (Å²) >= 11 is 5.69. The van der Waals surface area contributed by atoms with Crippen LogP contribution in [0.4, 0.5) is 4.39 Å². The van der Waals surface area contributed by atoms with Crippen LogP contribution in [0.1, 0.15) is 23.1 Å². The Labute approximate surface area is 158 Å². The van der Waals surface area contributed by atoms with Gasteiger partial charge in [0.2, 0.25) is 0 Å². The van der Waals surface area contributed by atoms with Crippen molar-refractivity contribution in [3.8, 4) is 0 Å². The molecule has 7 heteroatoms. The van der Waals surface area contributed by atoms with Gasteiger partial charge in [-0.05, 0) is 43.8 Å². The molecule has 0 saturated carbocycles. The summed E-state index contributed by atoms with van der Waals surface area (Å²) in [6.45, 7) is 8.59. The van der Waals surface area contributed by atoms with E-state index in [0.29, 0.717) is 13.2 Å². The number of halogens is 1. The van der Waals surface area contributed by atoms with Crippen LogP contribution < -0.4 is 0 Å². The highest BCUT2D eigenvalue weighted by Gasteiger charge is 2.23. The molecule has 5 nitrogen and oxygen atoms in total. The molecule has 0 radical (unpaired) electrons. The van der Waals surface area contributed by atoms with Crippen molar-refractivity contribution in [2.45, 2.75) is 33.2 Å². The van der Waals surface area contributed by atoms with Gasteiger partial charge in [-0.25, -0.2) is 4.39 Å². The molecule has 26 heavy (non-hydrogen) atoms. The molecule has 1 aromatic heterocycles. The van der Waals surface area contributed by atoms with Gasteiger partial charge in [0.25, 0.3) is 0 Å². The molecule has 0 aliphatic carbocycles. The molecule has 2 heterocycles. The van der Waals surface area contributed by atoms with Crippen molar-refractivity contribution >= 4 is 12.2 Å². The summed E-state index contributed by atoms with van der Waals surface area (Å²) in [4.78, 5) is 2.33. The Bertz CT molecular complexity index is 800. The van der Waals surface area contributed by atoms with Gasteiger partial charge >= 0.3 is 0 Å². The topological polar surface area (TPSA) is 31.6 Å². The maximum atomic E-state index is 13.2. The Hall–Kier alpha value is -1.54. The van der Waals surface area contributed by atoms with E-state index in [1.165, 1.54) is 23.5 Å². The Kier molecular flexibility index (Phi) is 6.24. The van der Waals surface area contributed by atoms with Crippen LogP contribution in [-0.4, -0.2) is 47.4 Å². The number of imidazole rings is 1. The molecule has 0 unspecified atom stereocenters. The minimum Gasteiger partial charge on any atom is -0.383 e. The lowest BCUT2D eigenvalue weighted by atomic mass is 10.1. The fraction of sp³-hybridized carbons (Fsp3) is 0.526. The first-order chi connectivity index (χ1) is 12.5. The van der Waals surface area contributed by atoms with Gasteiger partial charge in [-0.2, -0.15) is 0 Å². The molecular weight excluding hydrogens is 353 g/mol. The van der Waals surface area contributed by atoms with Crippen LogP contribution in [0.5, 0.6) is 0 Å². The Balaban J connectivity index is 1.74. The smallest absolute Gasteiger partial charge is 0.181 e. The first kappa shape index (κ1) is 19.2. The SMILES string of the molecule is COCCn1c(C)c(C)n(CN2CCO[C@@H](c3ccc(F)cc3)C2)c1=S. The lowest BCUT2D eigenvalue weighted by Gasteiger charge is -2.33. The summed E-state index contributed by atoms with van der Waals surface area (Å²) < 4.78 is 29.4. The third kappa shape index (κ3) is 4.06. The van der Waals surface area contributed by atoms with Crippen LogP contribution in [0.25, 0.3) is 0 Å². The molecule has 0 spiro atoms. The molecule has 0 amide bonds. The average molecular weight is 380 g/mol. The van der Waals surface area contributed by atoms with E-state index in [-0.39, 0.29) is 11.9 Å². The number of rotatable bonds is 6. The van der Waals surface area contributed by atoms with E-state index in [9.17, 15) is 4.39 Å². The molecule has 2 aromatic rings. The molecule has 1 saturated heterocycles. The summed E-state index contributed by atoms with van der Waals surface area (Å²) in [5, 5.41) is 0. The molecule has 1 aromatic carbocycles. The number of benzene rings is 1. The van der Waals surface area contributed by atoms with E-state index in [0.717, 1.165) is 36.6 Å². The molecule has 1 aliphatic rings. The second-order valence-corrected chi connectivity index (χ2v) is 7.02. The van der Waals surface area contributed by atoms with E-state index in [4.69, 9.17) is 21.7 Å². The highest BCUT2D eigenvalue weighted by atomic mass is 32.1. The molecule has 0 bridgehead atoms. The minimum atomic E-state index is -0.226. The van der Waals surface area contributed by atoms with Gasteiger partial charge in [-0.3, -0.25) is 4.90 Å². The van der Waals surface area contributed by atoms with Gasteiger partial charge < -0.3 is 18.6 Å². The van der Waals surface area contributed by atoms with Crippen molar-refractivity contribution in [2.24, 2.45) is 0 Å². The lowest BCUT2D eigenvalue weighted by molar-refractivity contribution is -0.0407. The largest absolute Gasteiger partial charge is 0.383 e. The number of nitrogens with zero attached hydrogens (tertiary/aromatic N) is 3. The first-order valence-electron chi connectivity index (χ1n) is 8.86. The van der Waals surface area contributed by atoms with E-state index in [1.807, 2.05) is 0 Å². The van der Waals surface area contributed by atoms with Crippen molar-refractivity contribution in [1.29, 1.82) is 0 Å². The zero-order valence-corrected chi connectivity index (χ0v) is 16.4. The first-order valence-corrected chi connectivity index (χ1v) is 9.27. The maximum Gasteiger partial charge on any atom is 0.181 e. The van der Waals surface area contributed by atoms with Gasteiger partial charge in [0.05, 0.1) is 26.0 Å². The average Bonchev–Trinajstić information content (AvgIpc) is 2.84. The van der Waals surface area contributed by atoms with E-state index in [1.54, 1.807) is 19.2 Å². The third-order valence-electron chi connectivity index (χ3n) is 5.05. The van der Waals surface area contributed by atoms with Crippen LogP contribution >= 0.6 is 12.2 Å². The molecular formula is C19H26FN3O2S. The van der Waals surface area contributed by atoms with E-state index in [2.05, 4.69) is 27.9 Å². The van der Waals surface area contributed by atoms with Gasteiger partial charge in [-0.15, -0.1) is 0 Å². The van der Waals surface area contributed by atoms with Crippen LogP contribution in [0.2, 0.25) is 0 Å². The Morgan fingerprint density at radius 2 is 1.88 bits per heavy atom. The predicted octanol–water partition coefficient (Wildman–Crippen LogP) is 3.45. The summed E-state index contributed by atoms with van der Waals surface area (Å²) in [5.41, 5.74) is 3.36. The quantitative estimate of drug-likeness (QED) is 0.720. The molecule has 3 rings (SSSR count). The molecule has 1 aliphatic heterocycles. The summed E-state index contributed by atoms with van der Waals surface area (Å²) in [6.07, 6.45) is -0.0458. The highest BCUT2D eigenvalue weighted by Crippen LogP contribution is 2.23. The molecule has 0 N–H and O–H groups in total. The number of hydrogen-bond acceptors (Lipinski definition) is 4. The predicted molar refractivity (Wildman–Crippen MR) is 101 cm³/mol. The number of morpholine rings is 1. The zero-order valence-electron chi connectivity index (χ0n) is 15.6. The second kappa shape index (κ2) is 8.43. The van der Waals surface area contributed by atoms with Crippen LogP contribution in [0.15, 0.2) is 24.3 Å². The molecule has 1 fully saturated rings. The summed E-state index contributed by atoms with van der Waals surface area (Å²) in [5.74, 6) is -0.226. The van der Waals surface area contributed by atoms with Crippen molar-refractivity contribution in [3.63, 3.8) is 0 Å². The Morgan fingerprint density at radius 3 is 2.58 bits per heavy atom. The summed E-state index contributed by atoms with van der Waals surface area (Å²) in [6, 6.07) is 6.56. The van der Waals surface area contributed by atoms with Gasteiger partial charge in [0.1, 0.15) is 5.82 Å². The van der Waals surface area contributed by atoms with Crippen molar-refractivity contribution in [1.82, 2.24) is 14.0 Å². The van der Waals surface area contributed by atoms with E-state index >= 15 is 0 Å². The van der Waals surface area contributed by atoms with Crippen LogP contribution in [-0.2, 0) is 22.7 Å². The zero-order chi connectivity index (χ0) is 18.7. The standard InChI is InChI=1S/C19H26FN3O2S/c1-14-15(2)23(19(26)22(14)9-10-24-3)13-21-8-11-25-18(12-21)16-4-6-17(20)7-5-16/h4-7,18H,8-13H2,1-3H3/t18-/m1/s1. The highest BCUT2D eigenvalue weighted by molar-refractivity contribution is 7.71. The fourth-order valence-electron chi connectivity index (χ4n) is 3.35. The number of methoxy groups -OCH3 is 1. The van der Waals surface area contributed by atoms with Gasteiger partial charge in [-0.1, -0.05) is 12.1 Å². The fourth-order valence-corrected chi connectivity index (χ4v) is 3.77. The third-order valence-corrected chi connectivity index (χ3v) is 5.49. The lowest BCUT2D eigenvalue weighted by Crippen LogP contribution is -2.39. The monoisotopic (exact) mass is 379 g/mol. The van der Waals surface area contributed by atoms with Gasteiger partial charge in [0.15, 0.2) is 4.77 Å². The van der Waals surface area contributed by atoms with Crippen molar-refractivity contribution in [3.05, 3.63) is 51.8 Å². The van der Waals surface area contributed by atoms with Crippen LogP contribution in [0, 0.1) is 24.4 Å². The number of hydrogen-bond donors (Lipinski definition) is 0. The van der Waals surface area contributed by atoms with Crippen LogP contribution in [0.3, 0.4) is 0 Å². The summed E-state index contributed by atoms with van der Waals surface area (Å²) in [7, 11) is 1.70. The minimum absolute atomic E-state index is 0.0458.